The van der Waals surface area contributed by atoms with Gasteiger partial charge in [0, 0.05) is 13.1 Å². The summed E-state index contributed by atoms with van der Waals surface area (Å²) in [5.41, 5.74) is 6.99. The van der Waals surface area contributed by atoms with Crippen LogP contribution in [0.25, 0.3) is 0 Å². The summed E-state index contributed by atoms with van der Waals surface area (Å²) >= 11 is 0. The van der Waals surface area contributed by atoms with E-state index in [4.69, 9.17) is 5.73 Å². The van der Waals surface area contributed by atoms with Crippen LogP contribution < -0.4 is 10.6 Å². The Morgan fingerprint density at radius 1 is 1.10 bits per heavy atom. The highest BCUT2D eigenvalue weighted by Gasteiger charge is 2.13. The van der Waals surface area contributed by atoms with E-state index in [0.29, 0.717) is 18.8 Å². The predicted octanol–water partition coefficient (Wildman–Crippen LogP) is 3.74. The van der Waals surface area contributed by atoms with Gasteiger partial charge in [-0.05, 0) is 29.8 Å². The van der Waals surface area contributed by atoms with E-state index in [2.05, 4.69) is 6.58 Å². The van der Waals surface area contributed by atoms with Gasteiger partial charge in [0.05, 0.1) is 11.4 Å². The first-order valence-corrected chi connectivity index (χ1v) is 6.26. The Morgan fingerprint density at radius 3 is 2.45 bits per heavy atom. The molecule has 0 aromatic heterocycles. The molecular formula is C16H16F2N2. The largest absolute Gasteiger partial charge is 0.396 e. The molecule has 0 heterocycles. The number of rotatable bonds is 5. The van der Waals surface area contributed by atoms with Gasteiger partial charge in [0.2, 0.25) is 0 Å². The van der Waals surface area contributed by atoms with E-state index in [1.807, 2.05) is 0 Å². The Bertz CT molecular complexity index is 594. The van der Waals surface area contributed by atoms with Gasteiger partial charge in [0.25, 0.3) is 0 Å². The van der Waals surface area contributed by atoms with Crippen LogP contribution >= 0.6 is 0 Å². The number of nitrogens with zero attached hydrogens (tertiary/aromatic N) is 1. The standard InChI is InChI=1S/C16H16F2N2/c1-2-10-20(11-12-6-8-13(17)9-7-12)15-5-3-4-14(19)16(15)18/h2-9H,1,10-11,19H2. The molecule has 0 fully saturated rings. The lowest BCUT2D eigenvalue weighted by molar-refractivity contribution is 0.621. The van der Waals surface area contributed by atoms with Crippen LogP contribution in [0.2, 0.25) is 0 Å². The summed E-state index contributed by atoms with van der Waals surface area (Å²) in [5.74, 6) is -0.740. The third kappa shape index (κ3) is 3.15. The first-order valence-electron chi connectivity index (χ1n) is 6.26. The van der Waals surface area contributed by atoms with Gasteiger partial charge in [-0.25, -0.2) is 8.78 Å². The summed E-state index contributed by atoms with van der Waals surface area (Å²) in [6, 6.07) is 11.0. The number of benzene rings is 2. The molecule has 2 aromatic rings. The zero-order valence-electron chi connectivity index (χ0n) is 11.0. The number of hydrogen-bond acceptors (Lipinski definition) is 2. The van der Waals surface area contributed by atoms with E-state index in [-0.39, 0.29) is 11.5 Å². The van der Waals surface area contributed by atoms with Crippen molar-refractivity contribution in [3.63, 3.8) is 0 Å². The summed E-state index contributed by atoms with van der Waals surface area (Å²) in [7, 11) is 0. The summed E-state index contributed by atoms with van der Waals surface area (Å²) in [6.07, 6.45) is 1.69. The molecule has 0 aliphatic heterocycles. The maximum Gasteiger partial charge on any atom is 0.169 e. The fraction of sp³-hybridized carbons (Fsp3) is 0.125. The predicted molar refractivity (Wildman–Crippen MR) is 78.5 cm³/mol. The SMILES string of the molecule is C=CCN(Cc1ccc(F)cc1)c1cccc(N)c1F. The Kier molecular flexibility index (Phi) is 4.35. The second-order valence-electron chi connectivity index (χ2n) is 4.48. The van der Waals surface area contributed by atoms with Crippen LogP contribution in [0, 0.1) is 11.6 Å². The van der Waals surface area contributed by atoms with Crippen LogP contribution in [-0.2, 0) is 6.54 Å². The molecule has 0 radical (unpaired) electrons. The fourth-order valence-electron chi connectivity index (χ4n) is 2.00. The molecule has 0 saturated heterocycles. The zero-order valence-corrected chi connectivity index (χ0v) is 11.0. The number of hydrogen-bond donors (Lipinski definition) is 1. The third-order valence-corrected chi connectivity index (χ3v) is 2.99. The van der Waals surface area contributed by atoms with Crippen LogP contribution in [0.1, 0.15) is 5.56 Å². The molecule has 2 aromatic carbocycles. The molecule has 0 unspecified atom stereocenters. The van der Waals surface area contributed by atoms with E-state index in [9.17, 15) is 8.78 Å². The zero-order chi connectivity index (χ0) is 14.5. The van der Waals surface area contributed by atoms with Crippen molar-refractivity contribution >= 4 is 11.4 Å². The van der Waals surface area contributed by atoms with Crippen LogP contribution in [0.4, 0.5) is 20.2 Å². The van der Waals surface area contributed by atoms with Crippen LogP contribution in [-0.4, -0.2) is 6.54 Å². The maximum atomic E-state index is 14.1. The monoisotopic (exact) mass is 274 g/mol. The molecule has 4 heteroatoms. The first-order chi connectivity index (χ1) is 9.61. The van der Waals surface area contributed by atoms with Crippen LogP contribution in [0.3, 0.4) is 0 Å². The molecular weight excluding hydrogens is 258 g/mol. The van der Waals surface area contributed by atoms with Crippen molar-refractivity contribution in [3.8, 4) is 0 Å². The van der Waals surface area contributed by atoms with E-state index in [1.54, 1.807) is 35.2 Å². The highest BCUT2D eigenvalue weighted by atomic mass is 19.1. The number of halogens is 2. The van der Waals surface area contributed by atoms with Crippen molar-refractivity contribution < 1.29 is 8.78 Å². The minimum Gasteiger partial charge on any atom is -0.396 e. The van der Waals surface area contributed by atoms with Crippen molar-refractivity contribution in [1.29, 1.82) is 0 Å². The lowest BCUT2D eigenvalue weighted by atomic mass is 10.1. The second-order valence-corrected chi connectivity index (χ2v) is 4.48. The summed E-state index contributed by atoms with van der Waals surface area (Å²) in [4.78, 5) is 1.80. The number of nitrogen functional groups attached to an aromatic ring is 1. The Balaban J connectivity index is 2.29. The normalized spacial score (nSPS) is 10.3. The molecule has 0 amide bonds. The first kappa shape index (κ1) is 14.1. The van der Waals surface area contributed by atoms with Gasteiger partial charge in [0.15, 0.2) is 5.82 Å². The summed E-state index contributed by atoms with van der Waals surface area (Å²) in [6.45, 7) is 4.60. The van der Waals surface area contributed by atoms with E-state index in [1.165, 1.54) is 18.2 Å². The van der Waals surface area contributed by atoms with Crippen molar-refractivity contribution in [1.82, 2.24) is 0 Å². The highest BCUT2D eigenvalue weighted by molar-refractivity contribution is 5.58. The van der Waals surface area contributed by atoms with E-state index in [0.717, 1.165) is 5.56 Å². The number of anilines is 2. The number of nitrogens with two attached hydrogens (primary N) is 1. The maximum absolute atomic E-state index is 14.1. The minimum atomic E-state index is -0.448. The molecule has 0 spiro atoms. The molecule has 0 aliphatic carbocycles. The smallest absolute Gasteiger partial charge is 0.169 e. The van der Waals surface area contributed by atoms with E-state index >= 15 is 0 Å². The van der Waals surface area contributed by atoms with Crippen LogP contribution in [0.5, 0.6) is 0 Å². The van der Waals surface area contributed by atoms with Crippen LogP contribution in [0.15, 0.2) is 55.1 Å². The Morgan fingerprint density at radius 2 is 1.80 bits per heavy atom. The average Bonchev–Trinajstić information content (AvgIpc) is 2.44. The van der Waals surface area contributed by atoms with Gasteiger partial charge >= 0.3 is 0 Å². The lowest BCUT2D eigenvalue weighted by Gasteiger charge is -2.24. The quantitative estimate of drug-likeness (QED) is 0.664. The molecule has 0 aliphatic rings. The summed E-state index contributed by atoms with van der Waals surface area (Å²) < 4.78 is 27.0. The molecule has 2 nitrogen and oxygen atoms in total. The molecule has 2 rings (SSSR count). The lowest BCUT2D eigenvalue weighted by Crippen LogP contribution is -2.24. The minimum absolute atomic E-state index is 0.107. The van der Waals surface area contributed by atoms with Crippen molar-refractivity contribution in [3.05, 3.63) is 72.3 Å². The topological polar surface area (TPSA) is 29.3 Å². The van der Waals surface area contributed by atoms with Gasteiger partial charge < -0.3 is 10.6 Å². The fourth-order valence-corrected chi connectivity index (χ4v) is 2.00. The second kappa shape index (κ2) is 6.19. The molecule has 0 bridgehead atoms. The Labute approximate surface area is 117 Å². The van der Waals surface area contributed by atoms with Crippen molar-refractivity contribution in [2.75, 3.05) is 17.2 Å². The molecule has 0 atom stereocenters. The van der Waals surface area contributed by atoms with Crippen molar-refractivity contribution in [2.45, 2.75) is 6.54 Å². The summed E-state index contributed by atoms with van der Waals surface area (Å²) in [5, 5.41) is 0. The van der Waals surface area contributed by atoms with Gasteiger partial charge in [-0.2, -0.15) is 0 Å². The van der Waals surface area contributed by atoms with Gasteiger partial charge in [-0.1, -0.05) is 24.3 Å². The van der Waals surface area contributed by atoms with Gasteiger partial charge in [0.1, 0.15) is 5.82 Å². The van der Waals surface area contributed by atoms with Gasteiger partial charge in [-0.3, -0.25) is 0 Å². The molecule has 2 N–H and O–H groups in total. The third-order valence-electron chi connectivity index (χ3n) is 2.99. The van der Waals surface area contributed by atoms with Gasteiger partial charge in [-0.15, -0.1) is 6.58 Å². The Hall–Kier alpha value is -2.36. The average molecular weight is 274 g/mol. The highest BCUT2D eigenvalue weighted by Crippen LogP contribution is 2.25. The molecule has 104 valence electrons. The molecule has 20 heavy (non-hydrogen) atoms. The molecule has 0 saturated carbocycles. The van der Waals surface area contributed by atoms with E-state index < -0.39 is 5.82 Å². The van der Waals surface area contributed by atoms with Crippen molar-refractivity contribution in [2.24, 2.45) is 0 Å².